The molecule has 0 radical (unpaired) electrons. The Balaban J connectivity index is 1.26. The van der Waals surface area contributed by atoms with Gasteiger partial charge in [0.1, 0.15) is 10.8 Å². The summed E-state index contributed by atoms with van der Waals surface area (Å²) < 4.78 is 5.32. The highest BCUT2D eigenvalue weighted by molar-refractivity contribution is 7.09. The number of rotatable bonds is 5. The van der Waals surface area contributed by atoms with Crippen molar-refractivity contribution in [2.75, 3.05) is 20.2 Å². The molecule has 2 aromatic rings. The molecule has 2 amide bonds. The third-order valence-corrected chi connectivity index (χ3v) is 6.17. The Kier molecular flexibility index (Phi) is 5.11. The van der Waals surface area contributed by atoms with Crippen LogP contribution in [0.1, 0.15) is 53.8 Å². The fraction of sp³-hybridized carbons (Fsp3) is 0.500. The largest absolute Gasteiger partial charge is 0.497 e. The molecule has 2 aliphatic rings. The van der Waals surface area contributed by atoms with Crippen molar-refractivity contribution >= 4 is 17.4 Å². The third kappa shape index (κ3) is 4.01. The SMILES string of the molecule is COc1cccc(C2CCN(C(=O)NCc3nc(C4CC4)cs3)CC2)c1. The Morgan fingerprint density at radius 1 is 1.27 bits per heavy atom. The number of carbonyl (C=O) groups is 1. The van der Waals surface area contributed by atoms with E-state index in [-0.39, 0.29) is 6.03 Å². The van der Waals surface area contributed by atoms with Crippen molar-refractivity contribution in [1.29, 1.82) is 0 Å². The number of amides is 2. The van der Waals surface area contributed by atoms with Gasteiger partial charge in [0.25, 0.3) is 0 Å². The summed E-state index contributed by atoms with van der Waals surface area (Å²) in [5.41, 5.74) is 2.51. The number of nitrogens with zero attached hydrogens (tertiary/aromatic N) is 2. The molecule has 6 heteroatoms. The van der Waals surface area contributed by atoms with E-state index in [1.54, 1.807) is 18.4 Å². The van der Waals surface area contributed by atoms with Crippen molar-refractivity contribution in [2.24, 2.45) is 0 Å². The van der Waals surface area contributed by atoms with Crippen molar-refractivity contribution in [3.63, 3.8) is 0 Å². The Hall–Kier alpha value is -2.08. The van der Waals surface area contributed by atoms with Crippen LogP contribution >= 0.6 is 11.3 Å². The van der Waals surface area contributed by atoms with Crippen LogP contribution in [-0.4, -0.2) is 36.1 Å². The van der Waals surface area contributed by atoms with E-state index in [2.05, 4.69) is 27.8 Å². The zero-order valence-electron chi connectivity index (χ0n) is 15.1. The zero-order chi connectivity index (χ0) is 17.9. The number of thiazole rings is 1. The highest BCUT2D eigenvalue weighted by Gasteiger charge is 2.27. The molecular weight excluding hydrogens is 346 g/mol. The first kappa shape index (κ1) is 17.3. The summed E-state index contributed by atoms with van der Waals surface area (Å²) in [6, 6.07) is 8.30. The molecule has 26 heavy (non-hydrogen) atoms. The third-order valence-electron chi connectivity index (χ3n) is 5.30. The van der Waals surface area contributed by atoms with Gasteiger partial charge in [0.05, 0.1) is 19.3 Å². The summed E-state index contributed by atoms with van der Waals surface area (Å²) in [6.45, 7) is 2.11. The van der Waals surface area contributed by atoms with Gasteiger partial charge >= 0.3 is 6.03 Å². The second kappa shape index (κ2) is 7.66. The standard InChI is InChI=1S/C20H25N3O2S/c1-25-17-4-2-3-16(11-17)14-7-9-23(10-8-14)20(24)21-12-19-22-18(13-26-19)15-5-6-15/h2-4,11,13-15H,5-10,12H2,1H3,(H,21,24). The van der Waals surface area contributed by atoms with E-state index in [9.17, 15) is 4.79 Å². The molecule has 1 saturated carbocycles. The summed E-state index contributed by atoms with van der Waals surface area (Å²) in [5.74, 6) is 2.07. The first-order chi connectivity index (χ1) is 12.7. The van der Waals surface area contributed by atoms with Crippen molar-refractivity contribution in [3.8, 4) is 5.75 Å². The van der Waals surface area contributed by atoms with E-state index >= 15 is 0 Å². The first-order valence-corrected chi connectivity index (χ1v) is 10.2. The molecule has 138 valence electrons. The predicted octanol–water partition coefficient (Wildman–Crippen LogP) is 4.12. The van der Waals surface area contributed by atoms with E-state index in [1.807, 2.05) is 17.0 Å². The Morgan fingerprint density at radius 2 is 2.08 bits per heavy atom. The fourth-order valence-corrected chi connectivity index (χ4v) is 4.36. The van der Waals surface area contributed by atoms with Crippen LogP contribution in [0.2, 0.25) is 0 Å². The van der Waals surface area contributed by atoms with Crippen LogP contribution in [0.4, 0.5) is 4.79 Å². The second-order valence-electron chi connectivity index (χ2n) is 7.14. The van der Waals surface area contributed by atoms with E-state index < -0.39 is 0 Å². The van der Waals surface area contributed by atoms with Crippen LogP contribution in [0, 0.1) is 0 Å². The molecule has 1 aromatic heterocycles. The number of benzene rings is 1. The molecule has 2 heterocycles. The smallest absolute Gasteiger partial charge is 0.317 e. The molecule has 0 spiro atoms. The molecule has 1 aliphatic heterocycles. The van der Waals surface area contributed by atoms with Crippen molar-refractivity contribution in [1.82, 2.24) is 15.2 Å². The van der Waals surface area contributed by atoms with Gasteiger partial charge in [0.2, 0.25) is 0 Å². The molecule has 1 aromatic carbocycles. The van der Waals surface area contributed by atoms with Crippen molar-refractivity contribution in [2.45, 2.75) is 44.1 Å². The van der Waals surface area contributed by atoms with E-state index in [1.165, 1.54) is 24.1 Å². The maximum Gasteiger partial charge on any atom is 0.317 e. The molecule has 5 nitrogen and oxygen atoms in total. The summed E-state index contributed by atoms with van der Waals surface area (Å²) in [4.78, 5) is 19.0. The van der Waals surface area contributed by atoms with E-state index in [0.29, 0.717) is 18.4 Å². The van der Waals surface area contributed by atoms with Crippen LogP contribution in [0.3, 0.4) is 0 Å². The molecule has 1 aliphatic carbocycles. The maximum absolute atomic E-state index is 12.4. The number of piperidine rings is 1. The lowest BCUT2D eigenvalue weighted by molar-refractivity contribution is 0.181. The number of nitrogens with one attached hydrogen (secondary N) is 1. The van der Waals surface area contributed by atoms with Gasteiger partial charge in [0, 0.05) is 24.4 Å². The average Bonchev–Trinajstić information content (AvgIpc) is 3.44. The molecular formula is C20H25N3O2S. The number of carbonyl (C=O) groups excluding carboxylic acids is 1. The lowest BCUT2D eigenvalue weighted by atomic mass is 9.89. The molecule has 4 rings (SSSR count). The quantitative estimate of drug-likeness (QED) is 0.860. The van der Waals surface area contributed by atoms with Gasteiger partial charge in [-0.2, -0.15) is 0 Å². The number of hydrogen-bond acceptors (Lipinski definition) is 4. The second-order valence-corrected chi connectivity index (χ2v) is 8.08. The average molecular weight is 372 g/mol. The fourth-order valence-electron chi connectivity index (χ4n) is 3.55. The topological polar surface area (TPSA) is 54.5 Å². The minimum atomic E-state index is 0.0252. The van der Waals surface area contributed by atoms with Crippen LogP contribution in [-0.2, 0) is 6.54 Å². The van der Waals surface area contributed by atoms with Gasteiger partial charge in [-0.1, -0.05) is 12.1 Å². The van der Waals surface area contributed by atoms with Crippen LogP contribution in [0.15, 0.2) is 29.6 Å². The minimum Gasteiger partial charge on any atom is -0.497 e. The summed E-state index contributed by atoms with van der Waals surface area (Å²) in [6.07, 6.45) is 4.50. The van der Waals surface area contributed by atoms with Gasteiger partial charge in [0.15, 0.2) is 0 Å². The van der Waals surface area contributed by atoms with Gasteiger partial charge in [-0.15, -0.1) is 11.3 Å². The van der Waals surface area contributed by atoms with Crippen molar-refractivity contribution in [3.05, 3.63) is 45.9 Å². The van der Waals surface area contributed by atoms with Gasteiger partial charge in [-0.25, -0.2) is 9.78 Å². The van der Waals surface area contributed by atoms with Crippen molar-refractivity contribution < 1.29 is 9.53 Å². The summed E-state index contributed by atoms with van der Waals surface area (Å²) in [7, 11) is 1.70. The van der Waals surface area contributed by atoms with E-state index in [0.717, 1.165) is 36.7 Å². The summed E-state index contributed by atoms with van der Waals surface area (Å²) in [5, 5.41) is 6.17. The molecule has 0 bridgehead atoms. The molecule has 0 unspecified atom stereocenters. The maximum atomic E-state index is 12.4. The Labute approximate surface area is 158 Å². The summed E-state index contributed by atoms with van der Waals surface area (Å²) >= 11 is 1.65. The molecule has 1 saturated heterocycles. The van der Waals surface area contributed by atoms with Crippen LogP contribution in [0.5, 0.6) is 5.75 Å². The van der Waals surface area contributed by atoms with Crippen LogP contribution < -0.4 is 10.1 Å². The molecule has 1 N–H and O–H groups in total. The van der Waals surface area contributed by atoms with Gasteiger partial charge in [-0.05, 0) is 49.3 Å². The lowest BCUT2D eigenvalue weighted by Gasteiger charge is -2.32. The van der Waals surface area contributed by atoms with E-state index in [4.69, 9.17) is 4.74 Å². The Morgan fingerprint density at radius 3 is 2.81 bits per heavy atom. The van der Waals surface area contributed by atoms with Gasteiger partial charge < -0.3 is 15.0 Å². The highest BCUT2D eigenvalue weighted by Crippen LogP contribution is 2.40. The molecule has 2 fully saturated rings. The minimum absolute atomic E-state index is 0.0252. The number of likely N-dealkylation sites (tertiary alicyclic amines) is 1. The monoisotopic (exact) mass is 371 g/mol. The highest BCUT2D eigenvalue weighted by atomic mass is 32.1. The van der Waals surface area contributed by atoms with Gasteiger partial charge in [-0.3, -0.25) is 0 Å². The number of hydrogen-bond donors (Lipinski definition) is 1. The normalized spacial score (nSPS) is 18.0. The number of ether oxygens (including phenoxy) is 1. The number of urea groups is 1. The van der Waals surface area contributed by atoms with Crippen LogP contribution in [0.25, 0.3) is 0 Å². The zero-order valence-corrected chi connectivity index (χ0v) is 15.9. The lowest BCUT2D eigenvalue weighted by Crippen LogP contribution is -2.43. The number of methoxy groups -OCH3 is 1. The predicted molar refractivity (Wildman–Crippen MR) is 103 cm³/mol. The molecule has 0 atom stereocenters. The first-order valence-electron chi connectivity index (χ1n) is 9.34. The Bertz CT molecular complexity index is 764. The number of aromatic nitrogens is 1.